The van der Waals surface area contributed by atoms with Crippen LogP contribution in [0.5, 0.6) is 0 Å². The Balaban J connectivity index is 1.24. The van der Waals surface area contributed by atoms with Gasteiger partial charge in [0.15, 0.2) is 0 Å². The molecule has 2 fully saturated rings. The normalized spacial score (nSPS) is 20.2. The summed E-state index contributed by atoms with van der Waals surface area (Å²) >= 11 is 0. The maximum absolute atomic E-state index is 13.1. The standard InChI is InChI=1S/C28H35N5O3/c1-28(2,3)36-27(35)33-15-8-13-24(33)26(34)29-20-14-16-32(18-20)21-10-7-9-19(17-21)25-30-22-11-5-6-12-23(22)31(25)4/h5-7,9-12,17,20,24H,8,13-16,18H2,1-4H3,(H,29,34). The molecule has 0 aliphatic carbocycles. The van der Waals surface area contributed by atoms with Crippen LogP contribution in [-0.4, -0.2) is 63.8 Å². The van der Waals surface area contributed by atoms with Gasteiger partial charge in [-0.2, -0.15) is 0 Å². The van der Waals surface area contributed by atoms with E-state index in [4.69, 9.17) is 9.72 Å². The molecule has 0 saturated carbocycles. The predicted molar refractivity (Wildman–Crippen MR) is 141 cm³/mol. The molecule has 2 aromatic carbocycles. The number of hydrogen-bond acceptors (Lipinski definition) is 5. The van der Waals surface area contributed by atoms with E-state index in [1.807, 2.05) is 46.0 Å². The number of ether oxygens (including phenoxy) is 1. The van der Waals surface area contributed by atoms with Crippen LogP contribution in [0.4, 0.5) is 10.5 Å². The third-order valence-corrected chi connectivity index (χ3v) is 6.97. The van der Waals surface area contributed by atoms with Gasteiger partial charge in [0.1, 0.15) is 17.5 Å². The molecule has 2 unspecified atom stereocenters. The number of carbonyl (C=O) groups is 2. The van der Waals surface area contributed by atoms with Crippen molar-refractivity contribution >= 4 is 28.7 Å². The second kappa shape index (κ2) is 9.48. The number of amides is 2. The smallest absolute Gasteiger partial charge is 0.410 e. The first-order valence-corrected chi connectivity index (χ1v) is 12.8. The van der Waals surface area contributed by atoms with Crippen molar-refractivity contribution < 1.29 is 14.3 Å². The summed E-state index contributed by atoms with van der Waals surface area (Å²) in [5, 5.41) is 3.19. The van der Waals surface area contributed by atoms with E-state index in [2.05, 4.69) is 45.1 Å². The first-order valence-electron chi connectivity index (χ1n) is 12.8. The summed E-state index contributed by atoms with van der Waals surface area (Å²) in [4.78, 5) is 34.4. The number of rotatable bonds is 4. The minimum absolute atomic E-state index is 0.0398. The molecule has 2 atom stereocenters. The van der Waals surface area contributed by atoms with Gasteiger partial charge in [-0.15, -0.1) is 0 Å². The van der Waals surface area contributed by atoms with Gasteiger partial charge in [0, 0.05) is 44.0 Å². The Kier molecular flexibility index (Phi) is 6.36. The maximum atomic E-state index is 13.1. The predicted octanol–water partition coefficient (Wildman–Crippen LogP) is 4.33. The van der Waals surface area contributed by atoms with Gasteiger partial charge < -0.3 is 19.5 Å². The fourth-order valence-electron chi connectivity index (χ4n) is 5.23. The van der Waals surface area contributed by atoms with E-state index in [0.29, 0.717) is 13.0 Å². The highest BCUT2D eigenvalue weighted by Gasteiger charge is 2.38. The average Bonchev–Trinajstić information content (AvgIpc) is 3.57. The summed E-state index contributed by atoms with van der Waals surface area (Å²) in [6.07, 6.45) is 1.93. The summed E-state index contributed by atoms with van der Waals surface area (Å²) in [5.74, 6) is 0.851. The lowest BCUT2D eigenvalue weighted by atomic mass is 10.1. The van der Waals surface area contributed by atoms with Gasteiger partial charge in [0.2, 0.25) is 5.91 Å². The molecule has 2 amide bonds. The number of fused-ring (bicyclic) bond motifs is 1. The van der Waals surface area contributed by atoms with Crippen LogP contribution < -0.4 is 10.2 Å². The van der Waals surface area contributed by atoms with Crippen LogP contribution in [-0.2, 0) is 16.6 Å². The molecule has 1 N–H and O–H groups in total. The van der Waals surface area contributed by atoms with Gasteiger partial charge in [0.05, 0.1) is 11.0 Å². The fraction of sp³-hybridized carbons (Fsp3) is 0.464. The number of aryl methyl sites for hydroxylation is 1. The quantitative estimate of drug-likeness (QED) is 0.590. The molecule has 2 aliphatic rings. The van der Waals surface area contributed by atoms with E-state index in [9.17, 15) is 9.59 Å². The van der Waals surface area contributed by atoms with Crippen molar-refractivity contribution in [2.75, 3.05) is 24.5 Å². The minimum Gasteiger partial charge on any atom is -0.444 e. The van der Waals surface area contributed by atoms with Crippen molar-refractivity contribution in [2.24, 2.45) is 7.05 Å². The molecule has 0 radical (unpaired) electrons. The Labute approximate surface area is 212 Å². The molecule has 5 rings (SSSR count). The summed E-state index contributed by atoms with van der Waals surface area (Å²) in [6.45, 7) is 7.67. The highest BCUT2D eigenvalue weighted by molar-refractivity contribution is 5.86. The lowest BCUT2D eigenvalue weighted by Gasteiger charge is -2.28. The van der Waals surface area contributed by atoms with Crippen LogP contribution >= 0.6 is 0 Å². The van der Waals surface area contributed by atoms with E-state index in [0.717, 1.165) is 54.0 Å². The van der Waals surface area contributed by atoms with Crippen LogP contribution in [0.25, 0.3) is 22.4 Å². The molecule has 3 heterocycles. The molecule has 8 heteroatoms. The third kappa shape index (κ3) is 4.90. The van der Waals surface area contributed by atoms with Crippen molar-refractivity contribution in [3.8, 4) is 11.4 Å². The number of nitrogens with one attached hydrogen (secondary N) is 1. The first kappa shape index (κ1) is 24.2. The van der Waals surface area contributed by atoms with Crippen molar-refractivity contribution in [1.29, 1.82) is 0 Å². The molecule has 190 valence electrons. The van der Waals surface area contributed by atoms with Crippen molar-refractivity contribution in [3.63, 3.8) is 0 Å². The molecule has 2 saturated heterocycles. The van der Waals surface area contributed by atoms with Gasteiger partial charge >= 0.3 is 6.09 Å². The summed E-state index contributed by atoms with van der Waals surface area (Å²) in [5.41, 5.74) is 3.69. The van der Waals surface area contributed by atoms with Gasteiger partial charge in [-0.3, -0.25) is 9.69 Å². The highest BCUT2D eigenvalue weighted by atomic mass is 16.6. The highest BCUT2D eigenvalue weighted by Crippen LogP contribution is 2.29. The Bertz CT molecular complexity index is 1280. The van der Waals surface area contributed by atoms with E-state index in [1.165, 1.54) is 0 Å². The zero-order chi connectivity index (χ0) is 25.4. The largest absolute Gasteiger partial charge is 0.444 e. The number of carbonyl (C=O) groups excluding carboxylic acids is 2. The summed E-state index contributed by atoms with van der Waals surface area (Å²) < 4.78 is 7.64. The molecular formula is C28H35N5O3. The summed E-state index contributed by atoms with van der Waals surface area (Å²) in [6, 6.07) is 16.2. The van der Waals surface area contributed by atoms with Crippen LogP contribution in [0.15, 0.2) is 48.5 Å². The molecule has 1 aromatic heterocycles. The van der Waals surface area contributed by atoms with Gasteiger partial charge in [-0.1, -0.05) is 24.3 Å². The molecule has 0 bridgehead atoms. The monoisotopic (exact) mass is 489 g/mol. The number of para-hydroxylation sites is 2. The SMILES string of the molecule is Cn1c(-c2cccc(N3CCC(NC(=O)C4CCCN4C(=O)OC(C)(C)C)C3)c2)nc2ccccc21. The topological polar surface area (TPSA) is 79.7 Å². The molecule has 3 aromatic rings. The number of imidazole rings is 1. The number of benzene rings is 2. The van der Waals surface area contributed by atoms with Crippen molar-refractivity contribution in [1.82, 2.24) is 19.8 Å². The summed E-state index contributed by atoms with van der Waals surface area (Å²) in [7, 11) is 2.04. The molecule has 36 heavy (non-hydrogen) atoms. The number of likely N-dealkylation sites (tertiary alicyclic amines) is 1. The van der Waals surface area contributed by atoms with Crippen molar-refractivity contribution in [3.05, 3.63) is 48.5 Å². The Morgan fingerprint density at radius 1 is 1.06 bits per heavy atom. The second-order valence-corrected chi connectivity index (χ2v) is 10.8. The number of nitrogens with zero attached hydrogens (tertiary/aromatic N) is 4. The Morgan fingerprint density at radius 3 is 2.64 bits per heavy atom. The van der Waals surface area contributed by atoms with E-state index >= 15 is 0 Å². The lowest BCUT2D eigenvalue weighted by Crippen LogP contribution is -2.50. The second-order valence-electron chi connectivity index (χ2n) is 10.8. The lowest BCUT2D eigenvalue weighted by molar-refractivity contribution is -0.126. The number of hydrogen-bond donors (Lipinski definition) is 1. The van der Waals surface area contributed by atoms with E-state index in [-0.39, 0.29) is 11.9 Å². The van der Waals surface area contributed by atoms with Gasteiger partial charge in [-0.25, -0.2) is 9.78 Å². The van der Waals surface area contributed by atoms with Crippen LogP contribution in [0.3, 0.4) is 0 Å². The Hall–Kier alpha value is -3.55. The zero-order valence-electron chi connectivity index (χ0n) is 21.5. The van der Waals surface area contributed by atoms with Crippen LogP contribution in [0, 0.1) is 0 Å². The first-order chi connectivity index (χ1) is 17.2. The fourth-order valence-corrected chi connectivity index (χ4v) is 5.23. The van der Waals surface area contributed by atoms with E-state index < -0.39 is 17.7 Å². The van der Waals surface area contributed by atoms with Crippen LogP contribution in [0.1, 0.15) is 40.0 Å². The van der Waals surface area contributed by atoms with Gasteiger partial charge in [0.25, 0.3) is 0 Å². The maximum Gasteiger partial charge on any atom is 0.410 e. The minimum atomic E-state index is -0.581. The van der Waals surface area contributed by atoms with Crippen LogP contribution in [0.2, 0.25) is 0 Å². The molecule has 2 aliphatic heterocycles. The number of aromatic nitrogens is 2. The number of anilines is 1. The van der Waals surface area contributed by atoms with E-state index in [1.54, 1.807) is 4.90 Å². The molecular weight excluding hydrogens is 454 g/mol. The van der Waals surface area contributed by atoms with Gasteiger partial charge in [-0.05, 0) is 64.3 Å². The third-order valence-electron chi connectivity index (χ3n) is 6.97. The zero-order valence-corrected chi connectivity index (χ0v) is 21.5. The molecule has 0 spiro atoms. The Morgan fingerprint density at radius 2 is 1.86 bits per heavy atom. The molecule has 8 nitrogen and oxygen atoms in total. The van der Waals surface area contributed by atoms with Crippen molar-refractivity contribution in [2.45, 2.75) is 57.7 Å². The average molecular weight is 490 g/mol.